The van der Waals surface area contributed by atoms with Crippen LogP contribution in [-0.2, 0) is 22.4 Å². The molecule has 2 nitrogen and oxygen atoms in total. The van der Waals surface area contributed by atoms with Gasteiger partial charge < -0.3 is 0 Å². The van der Waals surface area contributed by atoms with Crippen molar-refractivity contribution in [2.45, 2.75) is 44.2 Å². The van der Waals surface area contributed by atoms with Crippen LogP contribution in [0, 0.1) is 0 Å². The van der Waals surface area contributed by atoms with E-state index in [4.69, 9.17) is 0 Å². The van der Waals surface area contributed by atoms with Crippen LogP contribution in [0.5, 0.6) is 0 Å². The molecule has 0 bridgehead atoms. The topological polar surface area (TPSA) is 34.1 Å². The zero-order valence-corrected chi connectivity index (χ0v) is 11.7. The Morgan fingerprint density at radius 2 is 1.79 bits per heavy atom. The van der Waals surface area contributed by atoms with E-state index >= 15 is 0 Å². The molecule has 0 N–H and O–H groups in total. The zero-order valence-electron chi connectivity index (χ0n) is 10.9. The number of hydrogen-bond donors (Lipinski definition) is 0. The lowest BCUT2D eigenvalue weighted by Gasteiger charge is -2.14. The Morgan fingerprint density at radius 1 is 1.16 bits per heavy atom. The second-order valence-corrected chi connectivity index (χ2v) is 6.60. The summed E-state index contributed by atoms with van der Waals surface area (Å²) in [6.45, 7) is 3.30. The third-order valence-corrected chi connectivity index (χ3v) is 4.66. The van der Waals surface area contributed by atoms with Gasteiger partial charge in [-0.2, -0.15) is 13.2 Å². The number of aryl methyl sites for hydroxylation is 1. The molecule has 0 atom stereocenters. The van der Waals surface area contributed by atoms with Gasteiger partial charge in [-0.3, -0.25) is 0 Å². The van der Waals surface area contributed by atoms with E-state index < -0.39 is 21.6 Å². The summed E-state index contributed by atoms with van der Waals surface area (Å²) in [6, 6.07) is 3.30. The van der Waals surface area contributed by atoms with E-state index in [1.807, 2.05) is 6.92 Å². The van der Waals surface area contributed by atoms with Crippen LogP contribution < -0.4 is 0 Å². The molecule has 108 valence electrons. The van der Waals surface area contributed by atoms with Crippen molar-refractivity contribution in [3.05, 3.63) is 29.3 Å². The van der Waals surface area contributed by atoms with E-state index in [-0.39, 0.29) is 16.2 Å². The summed E-state index contributed by atoms with van der Waals surface area (Å²) in [7, 11) is -3.62. The number of sulfone groups is 1. The quantitative estimate of drug-likeness (QED) is 0.827. The number of unbranched alkanes of at least 4 members (excludes halogenated alkanes) is 1. The average Bonchev–Trinajstić information content (AvgIpc) is 2.35. The normalized spacial score (nSPS) is 12.7. The maximum absolute atomic E-state index is 13.0. The molecule has 0 heterocycles. The first-order chi connectivity index (χ1) is 8.72. The van der Waals surface area contributed by atoms with Gasteiger partial charge in [-0.25, -0.2) is 8.42 Å². The van der Waals surface area contributed by atoms with Crippen LogP contribution in [0.3, 0.4) is 0 Å². The summed E-state index contributed by atoms with van der Waals surface area (Å²) in [6.07, 6.45) is -2.80. The predicted octanol–water partition coefficient (Wildman–Crippen LogP) is 3.84. The fraction of sp³-hybridized carbons (Fsp3) is 0.538. The van der Waals surface area contributed by atoms with Crippen LogP contribution in [0.15, 0.2) is 23.1 Å². The number of benzene rings is 1. The molecule has 1 aromatic rings. The molecule has 0 amide bonds. The second-order valence-electron chi connectivity index (χ2n) is 4.32. The predicted molar refractivity (Wildman–Crippen MR) is 67.8 cm³/mol. The SMILES string of the molecule is CCCCc1ccc(S(=O)(=O)CC)cc1C(F)(F)F. The van der Waals surface area contributed by atoms with Gasteiger partial charge in [0.15, 0.2) is 9.84 Å². The van der Waals surface area contributed by atoms with Crippen molar-refractivity contribution in [1.82, 2.24) is 0 Å². The standard InChI is InChI=1S/C13H17F3O2S/c1-3-5-6-10-7-8-11(19(17,18)4-2)9-12(10)13(14,15)16/h7-9H,3-6H2,1-2H3. The molecule has 19 heavy (non-hydrogen) atoms. The van der Waals surface area contributed by atoms with Gasteiger partial charge in [0.1, 0.15) is 0 Å². The highest BCUT2D eigenvalue weighted by atomic mass is 32.2. The van der Waals surface area contributed by atoms with Crippen molar-refractivity contribution < 1.29 is 21.6 Å². The Hall–Kier alpha value is -1.04. The Labute approximate surface area is 111 Å². The van der Waals surface area contributed by atoms with E-state index in [9.17, 15) is 21.6 Å². The molecule has 0 saturated carbocycles. The first kappa shape index (κ1) is 16.0. The van der Waals surface area contributed by atoms with E-state index in [1.165, 1.54) is 19.1 Å². The van der Waals surface area contributed by atoms with Gasteiger partial charge in [0.05, 0.1) is 16.2 Å². The lowest BCUT2D eigenvalue weighted by Crippen LogP contribution is -2.12. The highest BCUT2D eigenvalue weighted by Crippen LogP contribution is 2.34. The van der Waals surface area contributed by atoms with E-state index in [0.29, 0.717) is 12.8 Å². The number of hydrogen-bond acceptors (Lipinski definition) is 2. The third kappa shape index (κ3) is 3.96. The second kappa shape index (κ2) is 5.94. The minimum absolute atomic E-state index is 0.157. The van der Waals surface area contributed by atoms with Crippen LogP contribution >= 0.6 is 0 Å². The Kier molecular flexibility index (Phi) is 5.01. The molecule has 1 rings (SSSR count). The minimum atomic E-state index is -4.53. The van der Waals surface area contributed by atoms with Gasteiger partial charge in [0.25, 0.3) is 0 Å². The molecule has 0 aliphatic rings. The summed E-state index contributed by atoms with van der Waals surface area (Å²) >= 11 is 0. The van der Waals surface area contributed by atoms with Gasteiger partial charge in [-0.15, -0.1) is 0 Å². The Morgan fingerprint density at radius 3 is 2.26 bits per heavy atom. The largest absolute Gasteiger partial charge is 0.416 e. The average molecular weight is 294 g/mol. The molecule has 6 heteroatoms. The summed E-state index contributed by atoms with van der Waals surface area (Å²) in [5.41, 5.74) is -0.681. The fourth-order valence-electron chi connectivity index (χ4n) is 1.76. The van der Waals surface area contributed by atoms with Gasteiger partial charge in [-0.05, 0) is 30.5 Å². The maximum Gasteiger partial charge on any atom is 0.416 e. The van der Waals surface area contributed by atoms with Crippen molar-refractivity contribution in [3.8, 4) is 0 Å². The van der Waals surface area contributed by atoms with Crippen LogP contribution in [0.25, 0.3) is 0 Å². The molecular formula is C13H17F3O2S. The number of alkyl halides is 3. The summed E-state index contributed by atoms with van der Waals surface area (Å²) in [4.78, 5) is -0.262. The van der Waals surface area contributed by atoms with Crippen molar-refractivity contribution in [3.63, 3.8) is 0 Å². The first-order valence-electron chi connectivity index (χ1n) is 6.15. The van der Waals surface area contributed by atoms with Crippen LogP contribution in [0.2, 0.25) is 0 Å². The molecule has 1 aromatic carbocycles. The van der Waals surface area contributed by atoms with Crippen LogP contribution in [0.1, 0.15) is 37.8 Å². The molecule has 0 aromatic heterocycles. The van der Waals surface area contributed by atoms with Gasteiger partial charge in [0.2, 0.25) is 0 Å². The molecule has 0 aliphatic heterocycles. The highest BCUT2D eigenvalue weighted by Gasteiger charge is 2.34. The lowest BCUT2D eigenvalue weighted by molar-refractivity contribution is -0.138. The molecule has 0 unspecified atom stereocenters. The summed E-state index contributed by atoms with van der Waals surface area (Å²) in [5, 5.41) is 0. The van der Waals surface area contributed by atoms with Crippen molar-refractivity contribution in [1.29, 1.82) is 0 Å². The minimum Gasteiger partial charge on any atom is -0.224 e. The van der Waals surface area contributed by atoms with Gasteiger partial charge in [-0.1, -0.05) is 26.3 Å². The molecule has 0 fully saturated rings. The number of rotatable bonds is 5. The first-order valence-corrected chi connectivity index (χ1v) is 7.80. The molecule has 0 radical (unpaired) electrons. The monoisotopic (exact) mass is 294 g/mol. The van der Waals surface area contributed by atoms with Crippen molar-refractivity contribution >= 4 is 9.84 Å². The highest BCUT2D eigenvalue weighted by molar-refractivity contribution is 7.91. The fourth-order valence-corrected chi connectivity index (χ4v) is 2.67. The molecule has 0 aliphatic carbocycles. The lowest BCUT2D eigenvalue weighted by atomic mass is 10.0. The van der Waals surface area contributed by atoms with Crippen LogP contribution in [0.4, 0.5) is 13.2 Å². The molecule has 0 spiro atoms. The van der Waals surface area contributed by atoms with E-state index in [0.717, 1.165) is 12.5 Å². The molecule has 0 saturated heterocycles. The number of halogens is 3. The summed E-state index contributed by atoms with van der Waals surface area (Å²) in [5.74, 6) is -0.210. The van der Waals surface area contributed by atoms with E-state index in [2.05, 4.69) is 0 Å². The summed E-state index contributed by atoms with van der Waals surface area (Å²) < 4.78 is 62.1. The smallest absolute Gasteiger partial charge is 0.224 e. The van der Waals surface area contributed by atoms with Gasteiger partial charge >= 0.3 is 6.18 Å². The van der Waals surface area contributed by atoms with Gasteiger partial charge in [0, 0.05) is 0 Å². The Bertz CT molecular complexity index is 533. The molecular weight excluding hydrogens is 277 g/mol. The maximum atomic E-state index is 13.0. The van der Waals surface area contributed by atoms with Crippen molar-refractivity contribution in [2.24, 2.45) is 0 Å². The van der Waals surface area contributed by atoms with E-state index in [1.54, 1.807) is 0 Å². The third-order valence-electron chi connectivity index (χ3n) is 2.93. The Balaban J connectivity index is 3.31. The zero-order chi connectivity index (χ0) is 14.7. The van der Waals surface area contributed by atoms with Crippen molar-refractivity contribution in [2.75, 3.05) is 5.75 Å². The van der Waals surface area contributed by atoms with Crippen LogP contribution in [-0.4, -0.2) is 14.2 Å².